The van der Waals surface area contributed by atoms with Gasteiger partial charge in [-0.25, -0.2) is 9.97 Å². The highest BCUT2D eigenvalue weighted by Crippen LogP contribution is 2.36. The SMILES string of the molecule is O=C1CCC(c2ccc(N3CC(N4CC5CN(Cc6ccc(Nc7ncc8c(n7)CNCC8)cc6)CC5C4)C3)cc2)C(=O)N1. The number of benzene rings is 2. The van der Waals surface area contributed by atoms with Gasteiger partial charge >= 0.3 is 0 Å². The van der Waals surface area contributed by atoms with Gasteiger partial charge in [-0.05, 0) is 72.2 Å². The van der Waals surface area contributed by atoms with Crippen molar-refractivity contribution in [3.8, 4) is 0 Å². The Morgan fingerprint density at radius 2 is 1.66 bits per heavy atom. The summed E-state index contributed by atoms with van der Waals surface area (Å²) in [5, 5.41) is 9.21. The van der Waals surface area contributed by atoms with Crippen LogP contribution in [0.2, 0.25) is 0 Å². The summed E-state index contributed by atoms with van der Waals surface area (Å²) >= 11 is 0. The third-order valence-corrected chi connectivity index (χ3v) is 10.3. The van der Waals surface area contributed by atoms with Crippen molar-refractivity contribution in [3.63, 3.8) is 0 Å². The van der Waals surface area contributed by atoms with Gasteiger partial charge < -0.3 is 15.5 Å². The highest BCUT2D eigenvalue weighted by molar-refractivity contribution is 6.00. The molecule has 3 unspecified atom stereocenters. The molecule has 228 valence electrons. The van der Waals surface area contributed by atoms with Gasteiger partial charge in [0.15, 0.2) is 0 Å². The molecule has 2 amide bonds. The first-order valence-electron chi connectivity index (χ1n) is 16.1. The Labute approximate surface area is 258 Å². The first kappa shape index (κ1) is 27.7. The van der Waals surface area contributed by atoms with Gasteiger partial charge in [-0.2, -0.15) is 0 Å². The van der Waals surface area contributed by atoms with Gasteiger partial charge in [-0.1, -0.05) is 24.3 Å². The minimum atomic E-state index is -0.219. The fourth-order valence-corrected chi connectivity index (χ4v) is 7.75. The number of likely N-dealkylation sites (tertiary alicyclic amines) is 2. The molecule has 8 rings (SSSR count). The van der Waals surface area contributed by atoms with E-state index < -0.39 is 0 Å². The van der Waals surface area contributed by atoms with Crippen LogP contribution < -0.4 is 20.9 Å². The molecule has 1 aromatic heterocycles. The second-order valence-corrected chi connectivity index (χ2v) is 13.2. The van der Waals surface area contributed by atoms with Gasteiger partial charge in [-0.3, -0.25) is 24.7 Å². The molecule has 0 spiro atoms. The van der Waals surface area contributed by atoms with Crippen LogP contribution in [0.3, 0.4) is 0 Å². The molecule has 6 heterocycles. The predicted octanol–water partition coefficient (Wildman–Crippen LogP) is 2.64. The number of carbonyl (C=O) groups excluding carboxylic acids is 2. The maximum Gasteiger partial charge on any atom is 0.234 e. The van der Waals surface area contributed by atoms with Crippen molar-refractivity contribution in [1.82, 2.24) is 30.4 Å². The van der Waals surface area contributed by atoms with Crippen LogP contribution >= 0.6 is 0 Å². The van der Waals surface area contributed by atoms with E-state index in [0.29, 0.717) is 24.8 Å². The summed E-state index contributed by atoms with van der Waals surface area (Å²) in [4.78, 5) is 40.7. The summed E-state index contributed by atoms with van der Waals surface area (Å²) in [5.41, 5.74) is 6.92. The van der Waals surface area contributed by atoms with Crippen molar-refractivity contribution >= 4 is 29.1 Å². The third-order valence-electron chi connectivity index (χ3n) is 10.3. The number of hydrogen-bond acceptors (Lipinski definition) is 9. The van der Waals surface area contributed by atoms with Crippen molar-refractivity contribution in [2.45, 2.75) is 44.3 Å². The summed E-state index contributed by atoms with van der Waals surface area (Å²) < 4.78 is 0. The molecular formula is C34H40N8O2. The zero-order chi connectivity index (χ0) is 29.6. The molecule has 10 nitrogen and oxygen atoms in total. The average Bonchev–Trinajstić information content (AvgIpc) is 3.56. The molecule has 10 heteroatoms. The maximum atomic E-state index is 12.2. The number of amides is 2. The van der Waals surface area contributed by atoms with Crippen molar-refractivity contribution < 1.29 is 9.59 Å². The standard InChI is InChI=1S/C34H40N8O2/c43-32-10-9-30(33(44)39-32)23-3-7-28(8-4-23)42-20-29(21-42)41-18-25-16-40(17-26(25)19-41)15-22-1-5-27(6-2-22)37-34-36-13-24-11-12-35-14-31(24)38-34/h1-8,13,25-26,29-30,35H,9-12,14-21H2,(H,36,37,38)(H,39,43,44). The summed E-state index contributed by atoms with van der Waals surface area (Å²) in [6, 6.07) is 17.7. The number of rotatable bonds is 7. The first-order valence-corrected chi connectivity index (χ1v) is 16.1. The number of piperidine rings is 1. The molecule has 0 bridgehead atoms. The van der Waals surface area contributed by atoms with E-state index in [4.69, 9.17) is 4.98 Å². The number of carbonyl (C=O) groups is 2. The lowest BCUT2D eigenvalue weighted by Crippen LogP contribution is -2.59. The van der Waals surface area contributed by atoms with E-state index in [-0.39, 0.29) is 17.7 Å². The zero-order valence-corrected chi connectivity index (χ0v) is 25.0. The third kappa shape index (κ3) is 5.58. The van der Waals surface area contributed by atoms with Crippen LogP contribution in [0.5, 0.6) is 0 Å². The van der Waals surface area contributed by atoms with Gasteiger partial charge in [-0.15, -0.1) is 0 Å². The maximum absolute atomic E-state index is 12.2. The van der Waals surface area contributed by atoms with Crippen LogP contribution in [0.25, 0.3) is 0 Å². The Kier molecular flexibility index (Phi) is 7.28. The lowest BCUT2D eigenvalue weighted by atomic mass is 9.90. The molecule has 5 aliphatic heterocycles. The molecule has 3 N–H and O–H groups in total. The molecule has 2 aromatic carbocycles. The van der Waals surface area contributed by atoms with E-state index in [1.165, 1.54) is 43.0 Å². The van der Waals surface area contributed by atoms with Crippen molar-refractivity contribution in [2.75, 3.05) is 56.0 Å². The fourth-order valence-electron chi connectivity index (χ4n) is 7.75. The van der Waals surface area contributed by atoms with E-state index in [2.05, 4.69) is 84.2 Å². The highest BCUT2D eigenvalue weighted by Gasteiger charge is 2.44. The lowest BCUT2D eigenvalue weighted by molar-refractivity contribution is -0.134. The first-order chi connectivity index (χ1) is 21.5. The van der Waals surface area contributed by atoms with Gasteiger partial charge in [0.2, 0.25) is 17.8 Å². The van der Waals surface area contributed by atoms with Crippen LogP contribution in [0.1, 0.15) is 41.1 Å². The summed E-state index contributed by atoms with van der Waals surface area (Å²) in [7, 11) is 0. The van der Waals surface area contributed by atoms with E-state index in [9.17, 15) is 9.59 Å². The van der Waals surface area contributed by atoms with Crippen molar-refractivity contribution in [2.24, 2.45) is 11.8 Å². The fraction of sp³-hybridized carbons (Fsp3) is 0.471. The number of anilines is 3. The van der Waals surface area contributed by atoms with Gasteiger partial charge in [0, 0.05) is 82.4 Å². The number of fused-ring (bicyclic) bond motifs is 2. The second kappa shape index (κ2) is 11.6. The van der Waals surface area contributed by atoms with E-state index in [1.54, 1.807) is 0 Å². The highest BCUT2D eigenvalue weighted by atomic mass is 16.2. The molecule has 44 heavy (non-hydrogen) atoms. The normalized spacial score (nSPS) is 25.8. The van der Waals surface area contributed by atoms with Crippen LogP contribution in [-0.4, -0.2) is 83.4 Å². The van der Waals surface area contributed by atoms with Gasteiger partial charge in [0.1, 0.15) is 0 Å². The quantitative estimate of drug-likeness (QED) is 0.357. The number of nitrogens with one attached hydrogen (secondary N) is 3. The number of nitrogens with zero attached hydrogens (tertiary/aromatic N) is 5. The van der Waals surface area contributed by atoms with Crippen LogP contribution in [0.4, 0.5) is 17.3 Å². The molecule has 5 aliphatic rings. The Bertz CT molecular complexity index is 1520. The largest absolute Gasteiger partial charge is 0.368 e. The Balaban J connectivity index is 0.788. The molecule has 3 atom stereocenters. The smallest absolute Gasteiger partial charge is 0.234 e. The molecule has 0 saturated carbocycles. The second-order valence-electron chi connectivity index (χ2n) is 13.2. The lowest BCUT2D eigenvalue weighted by Gasteiger charge is -2.46. The monoisotopic (exact) mass is 592 g/mol. The minimum absolute atomic E-state index is 0.165. The van der Waals surface area contributed by atoms with Gasteiger partial charge in [0.25, 0.3) is 0 Å². The van der Waals surface area contributed by atoms with Crippen molar-refractivity contribution in [3.05, 3.63) is 77.1 Å². The molecular weight excluding hydrogens is 552 g/mol. The van der Waals surface area contributed by atoms with Crippen molar-refractivity contribution in [1.29, 1.82) is 0 Å². The predicted molar refractivity (Wildman–Crippen MR) is 169 cm³/mol. The Hall–Kier alpha value is -3.86. The topological polar surface area (TPSA) is 106 Å². The van der Waals surface area contributed by atoms with Crippen LogP contribution in [0, 0.1) is 11.8 Å². The van der Waals surface area contributed by atoms with Gasteiger partial charge in [0.05, 0.1) is 11.6 Å². The van der Waals surface area contributed by atoms with E-state index >= 15 is 0 Å². The Morgan fingerprint density at radius 3 is 2.41 bits per heavy atom. The summed E-state index contributed by atoms with van der Waals surface area (Å²) in [6.45, 7) is 9.69. The van der Waals surface area contributed by atoms with Crippen LogP contribution in [-0.2, 0) is 29.1 Å². The van der Waals surface area contributed by atoms with Crippen LogP contribution in [0.15, 0.2) is 54.7 Å². The molecule has 0 radical (unpaired) electrons. The number of hydrogen-bond donors (Lipinski definition) is 3. The Morgan fingerprint density at radius 1 is 0.886 bits per heavy atom. The molecule has 4 fully saturated rings. The molecule has 3 aromatic rings. The molecule has 0 aliphatic carbocycles. The average molecular weight is 593 g/mol. The summed E-state index contributed by atoms with van der Waals surface area (Å²) in [6.07, 6.45) is 3.96. The molecule has 4 saturated heterocycles. The summed E-state index contributed by atoms with van der Waals surface area (Å²) in [5.74, 6) is 1.62. The minimum Gasteiger partial charge on any atom is -0.368 e. The number of imide groups is 1. The zero-order valence-electron chi connectivity index (χ0n) is 25.0. The van der Waals surface area contributed by atoms with E-state index in [0.717, 1.165) is 67.9 Å². The van der Waals surface area contributed by atoms with E-state index in [1.807, 2.05) is 6.20 Å². The number of aromatic nitrogens is 2.